The summed E-state index contributed by atoms with van der Waals surface area (Å²) in [6.45, 7) is -2.97. The zero-order valence-electron chi connectivity index (χ0n) is 54.3. The zero-order valence-corrected chi connectivity index (χ0v) is 56.0. The Bertz CT molecular complexity index is 2570. The van der Waals surface area contributed by atoms with E-state index in [1.165, 1.54) is 6.92 Å². The van der Waals surface area contributed by atoms with Gasteiger partial charge in [-0.1, -0.05) is 6.92 Å². The highest BCUT2D eigenvalue weighted by Gasteiger charge is 2.60. The van der Waals surface area contributed by atoms with E-state index in [2.05, 4.69) is 0 Å². The molecule has 584 valence electrons. The fourth-order valence-electron chi connectivity index (χ4n) is 12.4. The van der Waals surface area contributed by atoms with E-state index in [1.54, 1.807) is 6.92 Å². The number of ether oxygens (including phenoxy) is 16. The van der Waals surface area contributed by atoms with E-state index in [-0.39, 0.29) is 50.0 Å². The zero-order chi connectivity index (χ0) is 74.0. The van der Waals surface area contributed by atoms with E-state index in [9.17, 15) is 126 Å². The molecule has 21 saturated heterocycles. The summed E-state index contributed by atoms with van der Waals surface area (Å²) in [5.74, 6) is -7.52. The number of hydrogen-bond donors (Lipinski definition) is 21. The molecule has 14 bridgehead atoms. The topological polar surface area (TPSA) is 641 Å². The molecule has 0 amide bonds. The maximum absolute atomic E-state index is 12.8. The number of Topliss-reactive ketones (excluding diaryl/α,β-unsaturated/α-hetero) is 1. The Kier molecular flexibility index (Phi) is 32.0. The minimum atomic E-state index is -2.32. The second-order valence-corrected chi connectivity index (χ2v) is 27.5. The first kappa shape index (κ1) is 84.0. The fraction of sp³-hybridized carbons (Fsp3) is 0.931. The van der Waals surface area contributed by atoms with Gasteiger partial charge in [0.2, 0.25) is 0 Å². The van der Waals surface area contributed by atoms with Crippen molar-refractivity contribution in [3.05, 3.63) is 0 Å². The van der Waals surface area contributed by atoms with Crippen molar-refractivity contribution in [2.24, 2.45) is 11.8 Å². The highest BCUT2D eigenvalue weighted by molar-refractivity contribution is 7.99. The number of aliphatic hydroxyl groups excluding tert-OH is 19. The number of rotatable bonds is 24. The molecular formula is C58H94O41S2. The largest absolute Gasteiger partial charge is 0.481 e. The summed E-state index contributed by atoms with van der Waals surface area (Å²) >= 11 is 1.68. The van der Waals surface area contributed by atoms with Crippen molar-refractivity contribution in [2.45, 2.75) is 248 Å². The molecule has 21 aliphatic heterocycles. The quantitative estimate of drug-likeness (QED) is 0.0315. The van der Waals surface area contributed by atoms with Gasteiger partial charge in [0.05, 0.1) is 76.7 Å². The van der Waals surface area contributed by atoms with E-state index in [4.69, 9.17) is 75.8 Å². The van der Waals surface area contributed by atoms with Crippen LogP contribution in [0.25, 0.3) is 0 Å². The predicted molar refractivity (Wildman–Crippen MR) is 323 cm³/mol. The molecule has 43 heteroatoms. The fourth-order valence-corrected chi connectivity index (χ4v) is 14.9. The lowest BCUT2D eigenvalue weighted by Crippen LogP contribution is -2.68. The number of carbonyl (C=O) groups excluding carboxylic acids is 2. The number of carbonyl (C=O) groups is 4. The second-order valence-electron chi connectivity index (χ2n) is 25.3. The Morgan fingerprint density at radius 3 is 0.832 bits per heavy atom. The molecule has 0 spiro atoms. The summed E-state index contributed by atoms with van der Waals surface area (Å²) in [6, 6.07) is 0. The highest BCUT2D eigenvalue weighted by Crippen LogP contribution is 2.40. The lowest BCUT2D eigenvalue weighted by molar-refractivity contribution is -0.395. The van der Waals surface area contributed by atoms with Crippen molar-refractivity contribution in [2.75, 3.05) is 75.9 Å². The molecule has 21 N–H and O–H groups in total. The predicted octanol–water partition coefficient (Wildman–Crippen LogP) is -12.0. The van der Waals surface area contributed by atoms with Crippen LogP contribution in [0.5, 0.6) is 0 Å². The van der Waals surface area contributed by atoms with Crippen molar-refractivity contribution in [1.82, 2.24) is 0 Å². The number of carboxylic acid groups (broad SMARTS) is 2. The number of aliphatic carboxylic acids is 2. The van der Waals surface area contributed by atoms with Crippen LogP contribution < -0.4 is 0 Å². The number of hydrogen-bond acceptors (Lipinski definition) is 41. The first-order valence-electron chi connectivity index (χ1n) is 32.6. The Morgan fingerprint density at radius 2 is 0.594 bits per heavy atom. The van der Waals surface area contributed by atoms with Crippen molar-refractivity contribution < 1.29 is 202 Å². The van der Waals surface area contributed by atoms with Gasteiger partial charge < -0.3 is 183 Å². The molecule has 41 nitrogen and oxygen atoms in total. The Balaban J connectivity index is 1.09. The molecular weight excluding hydrogens is 1420 g/mol. The Labute approximate surface area is 583 Å². The van der Waals surface area contributed by atoms with Gasteiger partial charge in [0.25, 0.3) is 0 Å². The lowest BCUT2D eigenvalue weighted by atomic mass is 9.95. The van der Waals surface area contributed by atoms with Gasteiger partial charge in [0, 0.05) is 29.4 Å². The van der Waals surface area contributed by atoms with Crippen molar-refractivity contribution in [1.29, 1.82) is 0 Å². The molecule has 16 unspecified atom stereocenters. The first-order chi connectivity index (χ1) is 48.0. The number of aliphatic hydroxyl groups is 19. The highest BCUT2D eigenvalue weighted by atomic mass is 32.2. The number of thioether (sulfide) groups is 2. The standard InChI is InChI=1S/C58H94O41S2/c1-3-19(50(80)81)14-100-16-26-48-34(71)41(78)57(91-26)96-46-24(12-62)87-53(37(74)30(46)67)93-43-21(9-59)86-52(36(73)29(43)66)94-44-23(11-61)90-56(40(77)33(44)70)99-49-27(17-101-15-20(51(82)83)8-28(65)85-7-6-84-5-4-18(2)64)92-58(42(79)35(49)72)97-47-25(13-63)88-54(38(75)31(47)68)95-45-22(10-60)89-55(98-48)39(76)32(45)69/h19-27,29-49,52-63,66-79H,3-17H2,1-2H3,(H,80,81)(H,82,83)/t19?,20?,21?,22?,23?,24?,25?,26?,27?,29-,30-,31-,32-,33-,34-,35-,36?,37?,38?,39?,40?,41?,42?,43-,44-,45-,46-,47-,48-,49-,52-,53-,54-,55-,56-,57-,58-/m1/s1. The molecule has 37 atom stereocenters. The van der Waals surface area contributed by atoms with E-state index < -0.39 is 296 Å². The number of ketones is 1. The summed E-state index contributed by atoms with van der Waals surface area (Å²) < 4.78 is 92.9. The van der Waals surface area contributed by atoms with Gasteiger partial charge >= 0.3 is 17.9 Å². The Hall–Kier alpha value is -2.58. The van der Waals surface area contributed by atoms with Crippen molar-refractivity contribution >= 4 is 47.2 Å². The van der Waals surface area contributed by atoms with Crippen LogP contribution in [0.3, 0.4) is 0 Å². The molecule has 0 radical (unpaired) electrons. The van der Waals surface area contributed by atoms with Gasteiger partial charge in [-0.25, -0.2) is 0 Å². The first-order valence-corrected chi connectivity index (χ1v) is 34.9. The number of carboxylic acids is 2. The van der Waals surface area contributed by atoms with Crippen LogP contribution in [-0.2, 0) is 95.0 Å². The van der Waals surface area contributed by atoms with E-state index in [0.29, 0.717) is 0 Å². The summed E-state index contributed by atoms with van der Waals surface area (Å²) in [7, 11) is 0. The smallest absolute Gasteiger partial charge is 0.307 e. The SMILES string of the molecule is CCC(CSCC1O[C@@H]2O[C@@H]3C(CO)O[C@H](O[C@@H]4C(CO)O[C@H](O[C@@H]5C(CO)O[C@H](O[C@@H]6C(CSCC(CC(=O)OCCOCCC(C)=O)C(=O)O)O[C@H](O[C@@H]7C(CO)O[C@H](O[C@@H]8C(CO)O[C@H](O[C@H]1[C@H](O)C2O)C(O)[C@H]8O)C(O)[C@H]7O)C(O)[C@H]6O)C(O)[C@H]5O)C(O)[C@H]4O)C(O)[C@H]3O)C(=O)O. The maximum Gasteiger partial charge on any atom is 0.307 e. The van der Waals surface area contributed by atoms with E-state index >= 15 is 0 Å². The number of esters is 1. The van der Waals surface area contributed by atoms with Crippen molar-refractivity contribution in [3.63, 3.8) is 0 Å². The molecule has 0 aromatic rings. The molecule has 21 aliphatic rings. The van der Waals surface area contributed by atoms with Gasteiger partial charge in [-0.05, 0) is 13.3 Å². The van der Waals surface area contributed by atoms with Gasteiger partial charge in [-0.15, -0.1) is 0 Å². The average molecular weight is 1510 g/mol. The van der Waals surface area contributed by atoms with Gasteiger partial charge in [-0.2, -0.15) is 23.5 Å². The van der Waals surface area contributed by atoms with Crippen LogP contribution in [0.2, 0.25) is 0 Å². The van der Waals surface area contributed by atoms with Crippen LogP contribution in [0.4, 0.5) is 0 Å². The molecule has 101 heavy (non-hydrogen) atoms. The molecule has 21 rings (SSSR count). The van der Waals surface area contributed by atoms with E-state index in [1.807, 2.05) is 0 Å². The lowest BCUT2D eigenvalue weighted by Gasteiger charge is -2.50. The van der Waals surface area contributed by atoms with Crippen LogP contribution in [0.15, 0.2) is 0 Å². The van der Waals surface area contributed by atoms with Crippen molar-refractivity contribution in [3.8, 4) is 0 Å². The monoisotopic (exact) mass is 1510 g/mol. The Morgan fingerprint density at radius 1 is 0.347 bits per heavy atom. The van der Waals surface area contributed by atoms with Crippen LogP contribution >= 0.6 is 23.5 Å². The van der Waals surface area contributed by atoms with Gasteiger partial charge in [0.1, 0.15) is 171 Å². The third-order valence-electron chi connectivity index (χ3n) is 18.3. The van der Waals surface area contributed by atoms with Gasteiger partial charge in [-0.3, -0.25) is 19.2 Å². The summed E-state index contributed by atoms with van der Waals surface area (Å²) in [5, 5.41) is 237. The molecule has 0 aromatic carbocycles. The average Bonchev–Trinajstić information content (AvgIpc) is 0.787. The van der Waals surface area contributed by atoms with E-state index in [0.717, 1.165) is 23.5 Å². The minimum absolute atomic E-state index is 0.0382. The molecule has 21 fully saturated rings. The molecule has 0 aromatic heterocycles. The van der Waals surface area contributed by atoms with Crippen LogP contribution in [-0.4, -0.2) is 422 Å². The third-order valence-corrected chi connectivity index (χ3v) is 20.7. The maximum atomic E-state index is 12.8. The van der Waals surface area contributed by atoms with Crippen LogP contribution in [0, 0.1) is 11.8 Å². The summed E-state index contributed by atoms with van der Waals surface area (Å²) in [5.41, 5.74) is 0. The summed E-state index contributed by atoms with van der Waals surface area (Å²) in [4.78, 5) is 48.5. The molecule has 0 aliphatic carbocycles. The minimum Gasteiger partial charge on any atom is -0.481 e. The normalized spacial score (nSPS) is 45.5. The molecule has 21 heterocycles. The van der Waals surface area contributed by atoms with Gasteiger partial charge in [0.15, 0.2) is 44.0 Å². The molecule has 0 saturated carbocycles. The summed E-state index contributed by atoms with van der Waals surface area (Å²) in [6.07, 6.45) is -73.0. The second kappa shape index (κ2) is 38.5. The van der Waals surface area contributed by atoms with Crippen LogP contribution in [0.1, 0.15) is 33.1 Å². The third kappa shape index (κ3) is 20.0.